The zero-order valence-electron chi connectivity index (χ0n) is 14.8. The highest BCUT2D eigenvalue weighted by Gasteiger charge is 2.43. The lowest BCUT2D eigenvalue weighted by Crippen LogP contribution is -2.38. The van der Waals surface area contributed by atoms with E-state index in [1.54, 1.807) is 0 Å². The molecule has 1 aromatic carbocycles. The number of rotatable bonds is 4. The summed E-state index contributed by atoms with van der Waals surface area (Å²) in [4.78, 5) is 15.1. The highest BCUT2D eigenvalue weighted by molar-refractivity contribution is 6.08. The molecule has 5 heteroatoms. The van der Waals surface area contributed by atoms with Crippen LogP contribution in [-0.2, 0) is 11.0 Å². The van der Waals surface area contributed by atoms with Gasteiger partial charge in [-0.15, -0.1) is 0 Å². The first-order valence-corrected chi connectivity index (χ1v) is 8.49. The molecule has 2 heterocycles. The fourth-order valence-corrected chi connectivity index (χ4v) is 3.66. The number of hydrogen-bond donors (Lipinski definition) is 1. The molecule has 0 spiro atoms. The molecule has 2 aromatic rings. The molecular weight excluding hydrogens is 302 g/mol. The fraction of sp³-hybridized carbons (Fsp3) is 0.474. The van der Waals surface area contributed by atoms with Gasteiger partial charge in [0.1, 0.15) is 17.5 Å². The third-order valence-corrected chi connectivity index (χ3v) is 5.24. The van der Waals surface area contributed by atoms with E-state index in [1.165, 1.54) is 11.8 Å². The molecule has 1 aromatic heterocycles. The molecule has 0 saturated carbocycles. The zero-order chi connectivity index (χ0) is 17.5. The third-order valence-electron chi connectivity index (χ3n) is 5.24. The Kier molecular flexibility index (Phi) is 4.00. The zero-order valence-corrected chi connectivity index (χ0v) is 14.8. The number of amides is 1. The predicted octanol–water partition coefficient (Wildman–Crippen LogP) is 3.59. The first-order chi connectivity index (χ1) is 11.3. The summed E-state index contributed by atoms with van der Waals surface area (Å²) < 4.78 is 5.07. The van der Waals surface area contributed by atoms with Crippen molar-refractivity contribution in [3.05, 3.63) is 47.3 Å². The van der Waals surface area contributed by atoms with Gasteiger partial charge in [-0.25, -0.2) is 0 Å². The van der Waals surface area contributed by atoms with E-state index >= 15 is 0 Å². The summed E-state index contributed by atoms with van der Waals surface area (Å²) in [5, 5.41) is 3.97. The van der Waals surface area contributed by atoms with Crippen LogP contribution >= 0.6 is 0 Å². The van der Waals surface area contributed by atoms with Crippen LogP contribution in [0.3, 0.4) is 0 Å². The summed E-state index contributed by atoms with van der Waals surface area (Å²) in [6.07, 6.45) is 3.39. The molecule has 1 aliphatic rings. The van der Waals surface area contributed by atoms with E-state index in [4.69, 9.17) is 10.3 Å². The summed E-state index contributed by atoms with van der Waals surface area (Å²) in [6.45, 7) is 8.68. The molecule has 0 unspecified atom stereocenters. The maximum Gasteiger partial charge on any atom is 0.263 e. The van der Waals surface area contributed by atoms with Crippen LogP contribution in [0.1, 0.15) is 62.2 Å². The Morgan fingerprint density at radius 2 is 2.00 bits per heavy atom. The largest absolute Gasteiger partial charge is 0.364 e. The second-order valence-electron chi connectivity index (χ2n) is 7.19. The lowest BCUT2D eigenvalue weighted by Gasteiger charge is -2.27. The number of hydrogen-bond acceptors (Lipinski definition) is 4. The highest BCUT2D eigenvalue weighted by atomic mass is 16.5. The molecule has 0 saturated heterocycles. The summed E-state index contributed by atoms with van der Waals surface area (Å²) in [5.74, 6) is -0.0963. The van der Waals surface area contributed by atoms with Crippen LogP contribution in [0.15, 0.2) is 35.1 Å². The molecule has 0 aliphatic carbocycles. The van der Waals surface area contributed by atoms with Crippen molar-refractivity contribution in [2.75, 3.05) is 11.4 Å². The number of nitrogens with two attached hydrogens (primary N) is 1. The minimum atomic E-state index is -0.732. The molecule has 0 atom stereocenters. The number of carbonyl (C=O) groups is 1. The molecule has 128 valence electrons. The molecular formula is C19H25N3O2. The number of aromatic nitrogens is 1. The van der Waals surface area contributed by atoms with Crippen LogP contribution in [0.4, 0.5) is 5.69 Å². The fourth-order valence-electron chi connectivity index (χ4n) is 3.66. The maximum absolute atomic E-state index is 13.2. The number of fused-ring (bicyclic) bond motifs is 1. The first-order valence-electron chi connectivity index (χ1n) is 8.49. The summed E-state index contributed by atoms with van der Waals surface area (Å²) in [5.41, 5.74) is 8.58. The molecule has 24 heavy (non-hydrogen) atoms. The Balaban J connectivity index is 2.06. The molecule has 0 bridgehead atoms. The van der Waals surface area contributed by atoms with Crippen molar-refractivity contribution >= 4 is 11.6 Å². The van der Waals surface area contributed by atoms with E-state index in [0.717, 1.165) is 18.5 Å². The number of carbonyl (C=O) groups excluding carboxylic acids is 1. The summed E-state index contributed by atoms with van der Waals surface area (Å²) >= 11 is 0. The smallest absolute Gasteiger partial charge is 0.263 e. The Morgan fingerprint density at radius 1 is 1.33 bits per heavy atom. The normalized spacial score (nSPS) is 16.3. The Hall–Kier alpha value is -2.14. The number of benzene rings is 1. The minimum absolute atomic E-state index is 0.00180. The topological polar surface area (TPSA) is 72.4 Å². The van der Waals surface area contributed by atoms with Gasteiger partial charge in [0.15, 0.2) is 0 Å². The van der Waals surface area contributed by atoms with Crippen molar-refractivity contribution in [2.24, 2.45) is 5.73 Å². The van der Waals surface area contributed by atoms with Crippen LogP contribution < -0.4 is 10.6 Å². The van der Waals surface area contributed by atoms with Gasteiger partial charge in [-0.05, 0) is 38.3 Å². The molecule has 1 aliphatic heterocycles. The Morgan fingerprint density at radius 3 is 2.62 bits per heavy atom. The Labute approximate surface area is 142 Å². The van der Waals surface area contributed by atoms with E-state index < -0.39 is 5.54 Å². The summed E-state index contributed by atoms with van der Waals surface area (Å²) in [6, 6.07) is 8.17. The van der Waals surface area contributed by atoms with Gasteiger partial charge in [-0.3, -0.25) is 4.79 Å². The van der Waals surface area contributed by atoms with Crippen LogP contribution in [0, 0.1) is 0 Å². The van der Waals surface area contributed by atoms with E-state index in [-0.39, 0.29) is 11.3 Å². The van der Waals surface area contributed by atoms with E-state index in [2.05, 4.69) is 25.1 Å². The van der Waals surface area contributed by atoms with E-state index in [0.29, 0.717) is 17.8 Å². The standard InChI is InChI=1S/C19H25N3O2/c1-5-19(6-2)12-22(15-10-8-7-9-14(15)19)17(23)13-11-24-21-16(13)18(3,4)20/h7-11H,5-6,12,20H2,1-4H3. The second-order valence-corrected chi connectivity index (χ2v) is 7.19. The first kappa shape index (κ1) is 16.7. The van der Waals surface area contributed by atoms with Gasteiger partial charge < -0.3 is 15.2 Å². The van der Waals surface area contributed by atoms with Crippen molar-refractivity contribution in [1.82, 2.24) is 5.16 Å². The maximum atomic E-state index is 13.2. The van der Waals surface area contributed by atoms with Crippen LogP contribution in [0.5, 0.6) is 0 Å². The van der Waals surface area contributed by atoms with Crippen molar-refractivity contribution in [2.45, 2.75) is 51.5 Å². The number of para-hydroxylation sites is 1. The number of nitrogens with zero attached hydrogens (tertiary/aromatic N) is 2. The molecule has 2 N–H and O–H groups in total. The molecule has 0 fully saturated rings. The lowest BCUT2D eigenvalue weighted by molar-refractivity contribution is 0.0981. The quantitative estimate of drug-likeness (QED) is 0.931. The molecule has 1 amide bonds. The predicted molar refractivity (Wildman–Crippen MR) is 94.1 cm³/mol. The van der Waals surface area contributed by atoms with Gasteiger partial charge >= 0.3 is 0 Å². The van der Waals surface area contributed by atoms with Crippen molar-refractivity contribution in [3.63, 3.8) is 0 Å². The van der Waals surface area contributed by atoms with Crippen molar-refractivity contribution in [3.8, 4) is 0 Å². The van der Waals surface area contributed by atoms with Crippen LogP contribution in [0.2, 0.25) is 0 Å². The van der Waals surface area contributed by atoms with Crippen LogP contribution in [-0.4, -0.2) is 17.6 Å². The van der Waals surface area contributed by atoms with E-state index in [1.807, 2.05) is 36.9 Å². The SMILES string of the molecule is CCC1(CC)CN(C(=O)c2conc2C(C)(C)N)c2ccccc21. The lowest BCUT2D eigenvalue weighted by atomic mass is 9.78. The van der Waals surface area contributed by atoms with Gasteiger partial charge in [-0.1, -0.05) is 37.2 Å². The molecule has 0 radical (unpaired) electrons. The van der Waals surface area contributed by atoms with Gasteiger partial charge in [0.05, 0.1) is 5.54 Å². The van der Waals surface area contributed by atoms with Gasteiger partial charge in [0.25, 0.3) is 5.91 Å². The average Bonchev–Trinajstić information content (AvgIpc) is 3.18. The third kappa shape index (κ3) is 2.44. The van der Waals surface area contributed by atoms with Crippen molar-refractivity contribution in [1.29, 1.82) is 0 Å². The number of anilines is 1. The average molecular weight is 327 g/mol. The van der Waals surface area contributed by atoms with Crippen molar-refractivity contribution < 1.29 is 9.32 Å². The van der Waals surface area contributed by atoms with Gasteiger partial charge in [0.2, 0.25) is 0 Å². The summed E-state index contributed by atoms with van der Waals surface area (Å²) in [7, 11) is 0. The van der Waals surface area contributed by atoms with Gasteiger partial charge in [0, 0.05) is 17.6 Å². The minimum Gasteiger partial charge on any atom is -0.364 e. The highest BCUT2D eigenvalue weighted by Crippen LogP contribution is 2.45. The van der Waals surface area contributed by atoms with Crippen LogP contribution in [0.25, 0.3) is 0 Å². The van der Waals surface area contributed by atoms with E-state index in [9.17, 15) is 4.79 Å². The van der Waals surface area contributed by atoms with Gasteiger partial charge in [-0.2, -0.15) is 0 Å². The molecule has 5 nitrogen and oxygen atoms in total. The molecule has 3 rings (SSSR count). The monoisotopic (exact) mass is 327 g/mol. The Bertz CT molecular complexity index is 754. The second kappa shape index (κ2) is 5.74.